The molecule has 2 unspecified atom stereocenters. The van der Waals surface area contributed by atoms with E-state index < -0.39 is 11.9 Å². The van der Waals surface area contributed by atoms with Crippen LogP contribution in [0.25, 0.3) is 0 Å². The number of hydrogen-bond acceptors (Lipinski definition) is 3. The van der Waals surface area contributed by atoms with Crippen LogP contribution in [0.4, 0.5) is 10.1 Å². The topological polar surface area (TPSA) is 43.7 Å². The second-order valence-electron chi connectivity index (χ2n) is 4.41. The average Bonchev–Trinajstić information content (AvgIpc) is 2.24. The Morgan fingerprint density at radius 1 is 1.29 bits per heavy atom. The molecule has 0 bridgehead atoms. The van der Waals surface area contributed by atoms with Crippen molar-refractivity contribution in [1.29, 1.82) is 0 Å². The fourth-order valence-electron chi connectivity index (χ4n) is 1.77. The van der Waals surface area contributed by atoms with Crippen molar-refractivity contribution in [3.05, 3.63) is 29.6 Å². The Morgan fingerprint density at radius 3 is 2.47 bits per heavy atom. The number of hydrogen-bond donors (Lipinski definition) is 2. The zero-order valence-corrected chi connectivity index (χ0v) is 10.5. The minimum Gasteiger partial charge on any atom is -0.393 e. The van der Waals surface area contributed by atoms with E-state index in [4.69, 9.17) is 0 Å². The molecule has 1 rings (SSSR count). The summed E-state index contributed by atoms with van der Waals surface area (Å²) in [6.07, 6.45) is -0.632. The van der Waals surface area contributed by atoms with Crippen LogP contribution in [-0.2, 0) is 0 Å². The molecule has 0 aromatic heterocycles. The maximum Gasteiger partial charge on any atom is 0.131 e. The number of aliphatic hydroxyl groups is 2. The summed E-state index contributed by atoms with van der Waals surface area (Å²) in [6, 6.07) is 4.73. The molecule has 0 aliphatic heterocycles. The summed E-state index contributed by atoms with van der Waals surface area (Å²) >= 11 is 0. The molecule has 0 heterocycles. The maximum absolute atomic E-state index is 13.6. The molecule has 2 N–H and O–H groups in total. The van der Waals surface area contributed by atoms with Gasteiger partial charge in [0.05, 0.1) is 12.2 Å². The first kappa shape index (κ1) is 13.9. The Bertz CT molecular complexity index is 366. The molecule has 0 fully saturated rings. The van der Waals surface area contributed by atoms with Crippen LogP contribution >= 0.6 is 0 Å². The number of anilines is 1. The Hall–Kier alpha value is -1.13. The lowest BCUT2D eigenvalue weighted by molar-refractivity contribution is 0.186. The first-order valence-electron chi connectivity index (χ1n) is 5.79. The van der Waals surface area contributed by atoms with Gasteiger partial charge in [0.1, 0.15) is 5.82 Å². The van der Waals surface area contributed by atoms with Crippen molar-refractivity contribution in [3.8, 4) is 0 Å². The molecule has 3 nitrogen and oxygen atoms in total. The molecule has 1 aromatic rings. The van der Waals surface area contributed by atoms with Gasteiger partial charge in [0, 0.05) is 24.8 Å². The summed E-state index contributed by atoms with van der Waals surface area (Å²) in [6.45, 7) is 3.88. The molecule has 0 radical (unpaired) electrons. The van der Waals surface area contributed by atoms with E-state index in [9.17, 15) is 14.6 Å². The maximum atomic E-state index is 13.6. The third-order valence-corrected chi connectivity index (χ3v) is 2.74. The lowest BCUT2D eigenvalue weighted by atomic mass is 10.1. The van der Waals surface area contributed by atoms with Gasteiger partial charge in [-0.1, -0.05) is 6.07 Å². The normalized spacial score (nSPS) is 14.5. The highest BCUT2D eigenvalue weighted by atomic mass is 19.1. The van der Waals surface area contributed by atoms with Crippen molar-refractivity contribution in [2.45, 2.75) is 32.5 Å². The lowest BCUT2D eigenvalue weighted by Crippen LogP contribution is -2.23. The third-order valence-electron chi connectivity index (χ3n) is 2.74. The summed E-state index contributed by atoms with van der Waals surface area (Å²) in [5.74, 6) is -0.401. The predicted octanol–water partition coefficient (Wildman–Crippen LogP) is 2.09. The van der Waals surface area contributed by atoms with Crippen LogP contribution in [0.2, 0.25) is 0 Å². The van der Waals surface area contributed by atoms with E-state index in [-0.39, 0.29) is 6.10 Å². The minimum absolute atomic E-state index is 0.306. The minimum atomic E-state index is -0.847. The van der Waals surface area contributed by atoms with Gasteiger partial charge in [-0.15, -0.1) is 0 Å². The SMILES string of the molecule is CC(O)CCN(C)c1cccc(F)c1C(C)O. The number of aliphatic hydroxyl groups excluding tert-OH is 2. The van der Waals surface area contributed by atoms with Crippen LogP contribution in [0.15, 0.2) is 18.2 Å². The number of halogens is 1. The molecule has 0 amide bonds. The molecule has 0 aliphatic carbocycles. The molecule has 0 aliphatic rings. The Kier molecular flexibility index (Phi) is 4.90. The highest BCUT2D eigenvalue weighted by Crippen LogP contribution is 2.28. The molecular weight excluding hydrogens is 221 g/mol. The van der Waals surface area contributed by atoms with Gasteiger partial charge in [0.15, 0.2) is 0 Å². The van der Waals surface area contributed by atoms with Crippen molar-refractivity contribution in [1.82, 2.24) is 0 Å². The monoisotopic (exact) mass is 241 g/mol. The molecule has 17 heavy (non-hydrogen) atoms. The van der Waals surface area contributed by atoms with Gasteiger partial charge in [-0.2, -0.15) is 0 Å². The highest BCUT2D eigenvalue weighted by molar-refractivity contribution is 5.54. The number of nitrogens with zero attached hydrogens (tertiary/aromatic N) is 1. The highest BCUT2D eigenvalue weighted by Gasteiger charge is 2.16. The van der Waals surface area contributed by atoms with Crippen LogP contribution in [0.3, 0.4) is 0 Å². The van der Waals surface area contributed by atoms with Crippen LogP contribution in [0.5, 0.6) is 0 Å². The van der Waals surface area contributed by atoms with Crippen molar-refractivity contribution >= 4 is 5.69 Å². The Labute approximate surface area is 101 Å². The molecule has 2 atom stereocenters. The first-order valence-corrected chi connectivity index (χ1v) is 5.79. The van der Waals surface area contributed by atoms with Crippen molar-refractivity contribution < 1.29 is 14.6 Å². The smallest absolute Gasteiger partial charge is 0.131 e. The molecule has 0 saturated carbocycles. The van der Waals surface area contributed by atoms with Gasteiger partial charge in [0.25, 0.3) is 0 Å². The van der Waals surface area contributed by atoms with Crippen LogP contribution in [0.1, 0.15) is 31.9 Å². The average molecular weight is 241 g/mol. The third kappa shape index (κ3) is 3.68. The molecule has 96 valence electrons. The van der Waals surface area contributed by atoms with E-state index in [1.807, 2.05) is 11.9 Å². The lowest BCUT2D eigenvalue weighted by Gasteiger charge is -2.24. The van der Waals surface area contributed by atoms with Crippen LogP contribution in [0, 0.1) is 5.82 Å². The number of rotatable bonds is 5. The predicted molar refractivity (Wildman–Crippen MR) is 66.6 cm³/mol. The van der Waals surface area contributed by atoms with Gasteiger partial charge in [-0.05, 0) is 32.4 Å². The fourth-order valence-corrected chi connectivity index (χ4v) is 1.77. The Balaban J connectivity index is 2.92. The summed E-state index contributed by atoms with van der Waals surface area (Å²) in [5.41, 5.74) is 0.973. The quantitative estimate of drug-likeness (QED) is 0.829. The largest absolute Gasteiger partial charge is 0.393 e. The van der Waals surface area contributed by atoms with E-state index in [0.717, 1.165) is 0 Å². The van der Waals surface area contributed by atoms with Gasteiger partial charge in [0.2, 0.25) is 0 Å². The van der Waals surface area contributed by atoms with Gasteiger partial charge < -0.3 is 15.1 Å². The standard InChI is InChI=1S/C13H20FNO2/c1-9(16)7-8-15(3)12-6-4-5-11(14)13(12)10(2)17/h4-6,9-10,16-17H,7-8H2,1-3H3. The van der Waals surface area contributed by atoms with E-state index in [2.05, 4.69) is 0 Å². The summed E-state index contributed by atoms with van der Waals surface area (Å²) in [4.78, 5) is 1.85. The molecule has 0 spiro atoms. The van der Waals surface area contributed by atoms with Crippen LogP contribution < -0.4 is 4.90 Å². The zero-order valence-electron chi connectivity index (χ0n) is 10.5. The van der Waals surface area contributed by atoms with E-state index in [0.29, 0.717) is 24.2 Å². The second kappa shape index (κ2) is 5.98. The van der Waals surface area contributed by atoms with Crippen molar-refractivity contribution in [2.75, 3.05) is 18.5 Å². The summed E-state index contributed by atoms with van der Waals surface area (Å²) < 4.78 is 13.6. The van der Waals surface area contributed by atoms with Crippen LogP contribution in [-0.4, -0.2) is 29.9 Å². The van der Waals surface area contributed by atoms with E-state index in [1.165, 1.54) is 6.07 Å². The summed E-state index contributed by atoms with van der Waals surface area (Å²) in [7, 11) is 1.82. The molecule has 4 heteroatoms. The van der Waals surface area contributed by atoms with Crippen molar-refractivity contribution in [2.24, 2.45) is 0 Å². The van der Waals surface area contributed by atoms with E-state index >= 15 is 0 Å². The Morgan fingerprint density at radius 2 is 1.94 bits per heavy atom. The first-order chi connectivity index (χ1) is 7.93. The number of benzene rings is 1. The molecule has 0 saturated heterocycles. The second-order valence-corrected chi connectivity index (χ2v) is 4.41. The van der Waals surface area contributed by atoms with Gasteiger partial charge >= 0.3 is 0 Å². The zero-order chi connectivity index (χ0) is 13.0. The van der Waals surface area contributed by atoms with Gasteiger partial charge in [-0.25, -0.2) is 4.39 Å². The summed E-state index contributed by atoms with van der Waals surface area (Å²) in [5, 5.41) is 18.8. The van der Waals surface area contributed by atoms with E-state index in [1.54, 1.807) is 26.0 Å². The van der Waals surface area contributed by atoms with Gasteiger partial charge in [-0.3, -0.25) is 0 Å². The fraction of sp³-hybridized carbons (Fsp3) is 0.538. The van der Waals surface area contributed by atoms with Crippen molar-refractivity contribution in [3.63, 3.8) is 0 Å². The molecular formula is C13H20FNO2. The molecule has 1 aromatic carbocycles.